The molecule has 0 aliphatic carbocycles. The number of hydrogen-bond acceptors (Lipinski definition) is 5. The van der Waals surface area contributed by atoms with Crippen molar-refractivity contribution in [3.63, 3.8) is 0 Å². The van der Waals surface area contributed by atoms with E-state index in [9.17, 15) is 0 Å². The highest BCUT2D eigenvalue weighted by atomic mass is 16.5. The van der Waals surface area contributed by atoms with Gasteiger partial charge >= 0.3 is 0 Å². The summed E-state index contributed by atoms with van der Waals surface area (Å²) >= 11 is 0. The number of fused-ring (bicyclic) bond motifs is 1. The summed E-state index contributed by atoms with van der Waals surface area (Å²) < 4.78 is 17.2. The molecule has 0 amide bonds. The number of benzene rings is 1. The van der Waals surface area contributed by atoms with Crippen LogP contribution in [0.4, 0.5) is 0 Å². The van der Waals surface area contributed by atoms with Crippen molar-refractivity contribution in [3.8, 4) is 11.5 Å². The number of rotatable bonds is 8. The van der Waals surface area contributed by atoms with Gasteiger partial charge in [0, 0.05) is 50.3 Å². The summed E-state index contributed by atoms with van der Waals surface area (Å²) in [4.78, 5) is 7.18. The molecule has 0 aromatic heterocycles. The first-order chi connectivity index (χ1) is 13.7. The Morgan fingerprint density at radius 1 is 1.25 bits per heavy atom. The fourth-order valence-corrected chi connectivity index (χ4v) is 3.56. The van der Waals surface area contributed by atoms with Gasteiger partial charge in [-0.05, 0) is 32.9 Å². The lowest BCUT2D eigenvalue weighted by atomic mass is 10.1. The summed E-state index contributed by atoms with van der Waals surface area (Å²) in [6.45, 7) is 13.7. The third-order valence-electron chi connectivity index (χ3n) is 4.95. The lowest BCUT2D eigenvalue weighted by Crippen LogP contribution is -2.44. The van der Waals surface area contributed by atoms with Crippen molar-refractivity contribution in [2.75, 3.05) is 52.5 Å². The van der Waals surface area contributed by atoms with Crippen molar-refractivity contribution >= 4 is 5.96 Å². The lowest BCUT2D eigenvalue weighted by molar-refractivity contribution is 0.0389. The zero-order chi connectivity index (χ0) is 19.8. The minimum Gasteiger partial charge on any atom is -0.494 e. The molecule has 2 N–H and O–H groups in total. The first-order valence-corrected chi connectivity index (χ1v) is 10.5. The summed E-state index contributed by atoms with van der Waals surface area (Å²) in [5, 5.41) is 6.76. The van der Waals surface area contributed by atoms with Crippen LogP contribution in [0.15, 0.2) is 17.1 Å². The van der Waals surface area contributed by atoms with Gasteiger partial charge in [-0.15, -0.1) is 0 Å². The van der Waals surface area contributed by atoms with Crippen molar-refractivity contribution in [1.82, 2.24) is 15.5 Å². The van der Waals surface area contributed by atoms with Gasteiger partial charge in [0.1, 0.15) is 17.6 Å². The number of aliphatic imine (C=N–C) groups is 1. The molecule has 3 rings (SSSR count). The minimum absolute atomic E-state index is 0.224. The second-order valence-corrected chi connectivity index (χ2v) is 7.21. The molecule has 2 aliphatic heterocycles. The smallest absolute Gasteiger partial charge is 0.191 e. The van der Waals surface area contributed by atoms with Crippen LogP contribution in [-0.4, -0.2) is 69.5 Å². The summed E-state index contributed by atoms with van der Waals surface area (Å²) in [7, 11) is 0. The maximum atomic E-state index is 5.92. The standard InChI is InChI=1S/C21H34N4O3/c1-4-22-21(23-6-7-25-8-10-26-11-9-25)24-15-18-14-20-17(12-16(3)28-20)13-19(18)27-5-2/h13-14,16H,4-12,15H2,1-3H3,(H2,22,23,24). The Bertz CT molecular complexity index is 659. The summed E-state index contributed by atoms with van der Waals surface area (Å²) in [5.41, 5.74) is 2.28. The molecule has 2 aliphatic rings. The summed E-state index contributed by atoms with van der Waals surface area (Å²) in [6.07, 6.45) is 1.16. The number of hydrogen-bond donors (Lipinski definition) is 2. The van der Waals surface area contributed by atoms with Crippen molar-refractivity contribution in [1.29, 1.82) is 0 Å². The molecule has 1 aromatic rings. The van der Waals surface area contributed by atoms with E-state index in [1.165, 1.54) is 5.56 Å². The van der Waals surface area contributed by atoms with E-state index in [4.69, 9.17) is 19.2 Å². The van der Waals surface area contributed by atoms with Crippen LogP contribution in [-0.2, 0) is 17.7 Å². The molecule has 7 heteroatoms. The largest absolute Gasteiger partial charge is 0.494 e. The van der Waals surface area contributed by atoms with Crippen LogP contribution in [0.1, 0.15) is 31.9 Å². The molecule has 0 saturated carbocycles. The monoisotopic (exact) mass is 390 g/mol. The second kappa shape index (κ2) is 10.5. The Balaban J connectivity index is 1.62. The predicted octanol–water partition coefficient (Wildman–Crippen LogP) is 1.80. The molecule has 156 valence electrons. The number of ether oxygens (including phenoxy) is 3. The molecular formula is C21H34N4O3. The predicted molar refractivity (Wildman–Crippen MR) is 111 cm³/mol. The SMILES string of the molecule is CCNC(=NCc1cc2c(cc1OCC)CC(C)O2)NCCN1CCOCC1. The summed E-state index contributed by atoms with van der Waals surface area (Å²) in [6, 6.07) is 4.20. The van der Waals surface area contributed by atoms with Gasteiger partial charge in [-0.1, -0.05) is 0 Å². The van der Waals surface area contributed by atoms with Crippen LogP contribution in [0, 0.1) is 0 Å². The molecule has 1 atom stereocenters. The van der Waals surface area contributed by atoms with E-state index in [0.717, 1.165) is 75.4 Å². The van der Waals surface area contributed by atoms with Crippen LogP contribution >= 0.6 is 0 Å². The average Bonchev–Trinajstić information content (AvgIpc) is 3.06. The quantitative estimate of drug-likeness (QED) is 0.521. The van der Waals surface area contributed by atoms with Gasteiger partial charge in [-0.25, -0.2) is 4.99 Å². The Kier molecular flexibility index (Phi) is 7.80. The molecule has 2 heterocycles. The van der Waals surface area contributed by atoms with Gasteiger partial charge in [-0.2, -0.15) is 0 Å². The molecular weight excluding hydrogens is 356 g/mol. The topological polar surface area (TPSA) is 67.4 Å². The number of morpholine rings is 1. The number of nitrogens with zero attached hydrogens (tertiary/aromatic N) is 2. The molecule has 1 saturated heterocycles. The Morgan fingerprint density at radius 2 is 2.07 bits per heavy atom. The van der Waals surface area contributed by atoms with Crippen LogP contribution in [0.5, 0.6) is 11.5 Å². The number of guanidine groups is 1. The Morgan fingerprint density at radius 3 is 2.82 bits per heavy atom. The molecule has 28 heavy (non-hydrogen) atoms. The van der Waals surface area contributed by atoms with Crippen molar-refractivity contribution in [2.24, 2.45) is 4.99 Å². The van der Waals surface area contributed by atoms with Crippen LogP contribution in [0.2, 0.25) is 0 Å². The van der Waals surface area contributed by atoms with E-state index < -0.39 is 0 Å². The van der Waals surface area contributed by atoms with Crippen molar-refractivity contribution in [2.45, 2.75) is 39.8 Å². The Hall–Kier alpha value is -1.99. The van der Waals surface area contributed by atoms with E-state index in [-0.39, 0.29) is 6.10 Å². The van der Waals surface area contributed by atoms with E-state index >= 15 is 0 Å². The third kappa shape index (κ3) is 5.75. The van der Waals surface area contributed by atoms with E-state index in [1.54, 1.807) is 0 Å². The van der Waals surface area contributed by atoms with Crippen LogP contribution in [0.3, 0.4) is 0 Å². The molecule has 0 spiro atoms. The van der Waals surface area contributed by atoms with Crippen molar-refractivity contribution < 1.29 is 14.2 Å². The molecule has 1 fully saturated rings. The minimum atomic E-state index is 0.224. The van der Waals surface area contributed by atoms with Gasteiger partial charge < -0.3 is 24.8 Å². The first-order valence-electron chi connectivity index (χ1n) is 10.5. The average molecular weight is 391 g/mol. The van der Waals surface area contributed by atoms with E-state index in [1.807, 2.05) is 6.92 Å². The van der Waals surface area contributed by atoms with Crippen LogP contribution in [0.25, 0.3) is 0 Å². The second-order valence-electron chi connectivity index (χ2n) is 7.21. The molecule has 7 nitrogen and oxygen atoms in total. The van der Waals surface area contributed by atoms with Gasteiger partial charge in [0.2, 0.25) is 0 Å². The normalized spacial score (nSPS) is 19.8. The van der Waals surface area contributed by atoms with Crippen LogP contribution < -0.4 is 20.1 Å². The highest BCUT2D eigenvalue weighted by Gasteiger charge is 2.21. The first kappa shape index (κ1) is 20.7. The van der Waals surface area contributed by atoms with Crippen molar-refractivity contribution in [3.05, 3.63) is 23.3 Å². The maximum Gasteiger partial charge on any atom is 0.191 e. The maximum absolute atomic E-state index is 5.92. The van der Waals surface area contributed by atoms with E-state index in [2.05, 4.69) is 41.5 Å². The molecule has 0 bridgehead atoms. The van der Waals surface area contributed by atoms with Gasteiger partial charge in [-0.3, -0.25) is 4.90 Å². The third-order valence-corrected chi connectivity index (χ3v) is 4.95. The van der Waals surface area contributed by atoms with Gasteiger partial charge in [0.25, 0.3) is 0 Å². The zero-order valence-electron chi connectivity index (χ0n) is 17.4. The molecule has 0 radical (unpaired) electrons. The molecule has 1 unspecified atom stereocenters. The highest BCUT2D eigenvalue weighted by molar-refractivity contribution is 5.79. The van der Waals surface area contributed by atoms with Gasteiger partial charge in [0.15, 0.2) is 5.96 Å². The summed E-state index contributed by atoms with van der Waals surface area (Å²) in [5.74, 6) is 2.70. The van der Waals surface area contributed by atoms with E-state index in [0.29, 0.717) is 13.2 Å². The number of nitrogens with one attached hydrogen (secondary N) is 2. The fraction of sp³-hybridized carbons (Fsp3) is 0.667. The fourth-order valence-electron chi connectivity index (χ4n) is 3.56. The highest BCUT2D eigenvalue weighted by Crippen LogP contribution is 2.35. The zero-order valence-corrected chi connectivity index (χ0v) is 17.4. The molecule has 1 aromatic carbocycles. The lowest BCUT2D eigenvalue weighted by Gasteiger charge is -2.26. The van der Waals surface area contributed by atoms with Gasteiger partial charge in [0.05, 0.1) is 26.4 Å². The Labute approximate surface area is 168 Å².